The lowest BCUT2D eigenvalue weighted by molar-refractivity contribution is -0.170. The predicted octanol–water partition coefficient (Wildman–Crippen LogP) is 8.71. The summed E-state index contributed by atoms with van der Waals surface area (Å²) in [5, 5.41) is 24.4. The lowest BCUT2D eigenvalue weighted by Crippen LogP contribution is -2.54. The van der Waals surface area contributed by atoms with Crippen molar-refractivity contribution in [2.24, 2.45) is 17.8 Å². The molecule has 1 saturated carbocycles. The molecule has 2 aromatic carbocycles. The fourth-order valence-corrected chi connectivity index (χ4v) is 14.9. The molecule has 2 bridgehead atoms. The van der Waals surface area contributed by atoms with Crippen LogP contribution >= 0.6 is 11.6 Å². The number of carbonyl (C=O) groups is 7. The van der Waals surface area contributed by atoms with Gasteiger partial charge in [-0.2, -0.15) is 4.98 Å². The molecule has 524 valence electrons. The monoisotopic (exact) mass is 1360 g/mol. The third-order valence-corrected chi connectivity index (χ3v) is 20.5. The number of hydrogen-bond donors (Lipinski definition) is 3. The number of anilines is 2. The number of cyclic esters (lactones) is 1. The highest BCUT2D eigenvalue weighted by Crippen LogP contribution is 2.43. The van der Waals surface area contributed by atoms with Gasteiger partial charge >= 0.3 is 5.97 Å². The number of phenolic OH excluding ortho intramolecular Hbond substituents is 1. The first kappa shape index (κ1) is 73.3. The molecule has 4 amide bonds. The molecule has 1 aliphatic carbocycles. The van der Waals surface area contributed by atoms with Gasteiger partial charge in [-0.05, 0) is 139 Å². The quantitative estimate of drug-likeness (QED) is 0.0524. The highest BCUT2D eigenvalue weighted by atomic mass is 35.5. The van der Waals surface area contributed by atoms with Crippen LogP contribution in [0.2, 0.25) is 5.02 Å². The van der Waals surface area contributed by atoms with Crippen LogP contribution in [0.5, 0.6) is 5.75 Å². The summed E-state index contributed by atoms with van der Waals surface area (Å²) in [6.45, 7) is 12.0. The Morgan fingerprint density at radius 2 is 1.54 bits per heavy atom. The van der Waals surface area contributed by atoms with Crippen molar-refractivity contribution in [2.45, 2.75) is 179 Å². The summed E-state index contributed by atoms with van der Waals surface area (Å²) < 4.78 is 62.6. The Kier molecular flexibility index (Phi) is 26.0. The number of allylic oxidation sites excluding steroid dienone is 2. The van der Waals surface area contributed by atoms with Crippen LogP contribution in [0.1, 0.15) is 130 Å². The number of nitrogens with zero attached hydrogens (tertiary/aromatic N) is 7. The largest absolute Gasteiger partial charge is 0.507 e. The maximum atomic E-state index is 16.8. The number of rotatable bonds is 16. The van der Waals surface area contributed by atoms with Gasteiger partial charge < -0.3 is 63.7 Å². The Labute approximate surface area is 566 Å². The molecule has 1 aromatic heterocycles. The van der Waals surface area contributed by atoms with Gasteiger partial charge in [-0.15, -0.1) is 0 Å². The van der Waals surface area contributed by atoms with Gasteiger partial charge in [0.1, 0.15) is 46.9 Å². The summed E-state index contributed by atoms with van der Waals surface area (Å²) in [6, 6.07) is 4.01. The Balaban J connectivity index is 0.861. The first-order valence-corrected chi connectivity index (χ1v) is 34.5. The number of piperidine rings is 1. The number of Topliss-reactive ketones (excluding diaryl/α,β-unsaturated/α-hetero) is 2. The van der Waals surface area contributed by atoms with Crippen LogP contribution in [0.4, 0.5) is 20.5 Å². The number of carbonyl (C=O) groups excluding carboxylic acids is 7. The van der Waals surface area contributed by atoms with Crippen LogP contribution in [0.3, 0.4) is 0 Å². The summed E-state index contributed by atoms with van der Waals surface area (Å²) in [5.74, 6) is -5.75. The number of esters is 1. The number of phenols is 1. The number of halogens is 3. The number of amides is 4. The van der Waals surface area contributed by atoms with Gasteiger partial charge in [-0.3, -0.25) is 28.8 Å². The fourth-order valence-electron chi connectivity index (χ4n) is 14.7. The lowest BCUT2D eigenvalue weighted by atomic mass is 9.82. The standard InChI is InChI=1S/C71H95ClF2N8O14/c1-8-59(86)78-32-34-81(35-33-78)68-48-41-49(72)62(63-50(73)15-12-17-54(63)85)64(74)65(48)76-71(77-68)75-26-25-61(88)80-30-28-79(29-31-80)60(87)20-11-14-46-36-42(2)37-47(92-5)40-58(94-7)55-18-13-19-56(95-55)66(89)69(90)82-27-10-9-16-51(82)70(91)96-67(43(3)21-23-52(46)83)44(4)38-45-22-24-53(84)57(39-45)93-6/h8,12,15,17,36,38,41,43,45-47,51,53,55-58,67,84-85H,1,9-11,13-14,16,18-35,37,39-40H2,2-7H3,(H,75,76,77)/b42-36+,44-38+/t43-,45+,46-,47+,51+,53-,55+,56?,57-,58+,67+/m1/s1. The van der Waals surface area contributed by atoms with E-state index in [9.17, 15) is 43.8 Å². The molecule has 4 saturated heterocycles. The van der Waals surface area contributed by atoms with E-state index in [1.54, 1.807) is 36.0 Å². The molecule has 0 spiro atoms. The average Bonchev–Trinajstić information content (AvgIpc) is 0.753. The van der Waals surface area contributed by atoms with E-state index in [-0.39, 0.29) is 134 Å². The molecule has 25 heteroatoms. The number of aromatic nitrogens is 2. The van der Waals surface area contributed by atoms with Crippen LogP contribution in [0.25, 0.3) is 22.0 Å². The van der Waals surface area contributed by atoms with Crippen molar-refractivity contribution < 1.29 is 76.2 Å². The smallest absolute Gasteiger partial charge is 0.329 e. The predicted molar refractivity (Wildman–Crippen MR) is 357 cm³/mol. The molecule has 22 nitrogen and oxygen atoms in total. The fraction of sp³-hybridized carbons (Fsp3) is 0.620. The van der Waals surface area contributed by atoms with E-state index >= 15 is 8.78 Å². The minimum absolute atomic E-state index is 0.00775. The molecule has 11 atom stereocenters. The average molecular weight is 1360 g/mol. The Hall–Kier alpha value is -6.96. The van der Waals surface area contributed by atoms with Gasteiger partial charge in [0.05, 0.1) is 41.1 Å². The number of ketones is 2. The van der Waals surface area contributed by atoms with Crippen LogP contribution in [-0.2, 0) is 57.2 Å². The zero-order valence-electron chi connectivity index (χ0n) is 56.2. The van der Waals surface area contributed by atoms with Gasteiger partial charge in [-0.25, -0.2) is 18.6 Å². The van der Waals surface area contributed by atoms with Crippen molar-refractivity contribution in [3.8, 4) is 16.9 Å². The summed E-state index contributed by atoms with van der Waals surface area (Å²) in [6.07, 6.45) is 8.31. The maximum Gasteiger partial charge on any atom is 0.329 e. The van der Waals surface area contributed by atoms with Gasteiger partial charge in [0.25, 0.3) is 5.91 Å². The van der Waals surface area contributed by atoms with E-state index in [4.69, 9.17) is 40.3 Å². The second-order valence-corrected chi connectivity index (χ2v) is 27.0. The molecule has 0 radical (unpaired) electrons. The molecular weight excluding hydrogens is 1260 g/mol. The van der Waals surface area contributed by atoms with Gasteiger partial charge in [0.2, 0.25) is 29.5 Å². The Morgan fingerprint density at radius 3 is 2.23 bits per heavy atom. The van der Waals surface area contributed by atoms with Crippen molar-refractivity contribution in [1.82, 2.24) is 29.6 Å². The molecule has 5 fully saturated rings. The highest BCUT2D eigenvalue weighted by Gasteiger charge is 2.43. The minimum atomic E-state index is -1.02. The van der Waals surface area contributed by atoms with E-state index in [0.717, 1.165) is 17.2 Å². The number of aromatic hydroxyl groups is 1. The van der Waals surface area contributed by atoms with E-state index in [0.29, 0.717) is 122 Å². The van der Waals surface area contributed by atoms with E-state index in [1.807, 2.05) is 31.7 Å². The number of aliphatic hydroxyl groups excluding tert-OH is 1. The van der Waals surface area contributed by atoms with Gasteiger partial charge in [0, 0.05) is 129 Å². The molecule has 5 aliphatic heterocycles. The van der Waals surface area contributed by atoms with Crippen LogP contribution in [0, 0.1) is 29.4 Å². The second kappa shape index (κ2) is 34.0. The molecule has 3 aromatic rings. The molecule has 6 heterocycles. The Morgan fingerprint density at radius 1 is 0.833 bits per heavy atom. The zero-order valence-corrected chi connectivity index (χ0v) is 57.0. The van der Waals surface area contributed by atoms with Gasteiger partial charge in [-0.1, -0.05) is 48.9 Å². The molecule has 9 rings (SSSR count). The van der Waals surface area contributed by atoms with Crippen molar-refractivity contribution in [3.05, 3.63) is 76.9 Å². The molecule has 1 unspecified atom stereocenters. The number of benzene rings is 2. The third-order valence-electron chi connectivity index (χ3n) is 20.2. The number of hydrogen-bond acceptors (Lipinski definition) is 18. The van der Waals surface area contributed by atoms with Crippen molar-refractivity contribution in [3.63, 3.8) is 0 Å². The number of piperazine rings is 2. The van der Waals surface area contributed by atoms with Crippen LogP contribution in [0.15, 0.2) is 60.2 Å². The van der Waals surface area contributed by atoms with Gasteiger partial charge in [0.15, 0.2) is 5.82 Å². The Bertz CT molecular complexity index is 3360. The first-order valence-electron chi connectivity index (χ1n) is 34.1. The van der Waals surface area contributed by atoms with E-state index in [1.165, 1.54) is 29.2 Å². The number of methoxy groups -OCH3 is 3. The van der Waals surface area contributed by atoms with Crippen molar-refractivity contribution >= 4 is 75.4 Å². The molecule has 96 heavy (non-hydrogen) atoms. The molecule has 6 aliphatic rings. The summed E-state index contributed by atoms with van der Waals surface area (Å²) in [4.78, 5) is 115. The van der Waals surface area contributed by atoms with Crippen molar-refractivity contribution in [2.75, 3.05) is 97.0 Å². The van der Waals surface area contributed by atoms with E-state index < -0.39 is 83.1 Å². The van der Waals surface area contributed by atoms with Crippen LogP contribution in [-0.4, -0.2) is 216 Å². The highest BCUT2D eigenvalue weighted by molar-refractivity contribution is 6.38. The normalized spacial score (nSPS) is 27.9. The number of aliphatic hydroxyl groups is 1. The molecular formula is C71H95ClF2N8O14. The number of nitrogens with one attached hydrogen (secondary N) is 1. The summed E-state index contributed by atoms with van der Waals surface area (Å²) in [7, 11) is 4.77. The SMILES string of the molecule is C=CC(=O)N1CCN(c2nc(NCCC(=O)N3CCN(C(=O)CCC[C@@H]4/C=C(\C)C[C@H](OC)C[C@H](OC)[C@@H]5CCCC(O5)C(=O)C(=O)N5CCCC[C@H]5C(=O)O[C@H](/C(C)=C/[C@@H]5CC[C@@H](O)[C@H](OC)C5)[C@H](C)CCC4=O)CC3)nc3c(F)c(-c4c(O)cccc4F)c(Cl)cc23)CC1. The molecule has 3 N–H and O–H groups in total. The maximum absolute atomic E-state index is 16.8. The summed E-state index contributed by atoms with van der Waals surface area (Å²) >= 11 is 6.65. The minimum Gasteiger partial charge on any atom is -0.507 e. The second-order valence-electron chi connectivity index (χ2n) is 26.6. The van der Waals surface area contributed by atoms with Crippen LogP contribution < -0.4 is 10.2 Å². The zero-order chi connectivity index (χ0) is 68.9. The van der Waals surface area contributed by atoms with Crippen molar-refractivity contribution in [1.29, 1.82) is 0 Å². The topological polar surface area (TPSA) is 260 Å². The number of fused-ring (bicyclic) bond motifs is 4. The van der Waals surface area contributed by atoms with E-state index in [2.05, 4.69) is 23.0 Å². The lowest BCUT2D eigenvalue weighted by Gasteiger charge is -2.38. The summed E-state index contributed by atoms with van der Waals surface area (Å²) in [5.41, 5.74) is 0.645. The number of ether oxygens (including phenoxy) is 5. The third kappa shape index (κ3) is 17.8. The first-order chi connectivity index (χ1) is 46.1.